The highest BCUT2D eigenvalue weighted by molar-refractivity contribution is 5.89. The molecule has 0 unspecified atom stereocenters. The first-order valence-electron chi connectivity index (χ1n) is 10.5. The Morgan fingerprint density at radius 2 is 1.67 bits per heavy atom. The van der Waals surface area contributed by atoms with Gasteiger partial charge in [-0.1, -0.05) is 30.3 Å². The lowest BCUT2D eigenvalue weighted by Gasteiger charge is -2.37. The predicted octanol–water partition coefficient (Wildman–Crippen LogP) is 3.11. The van der Waals surface area contributed by atoms with Crippen molar-refractivity contribution < 1.29 is 4.79 Å². The maximum atomic E-state index is 11.8. The summed E-state index contributed by atoms with van der Waals surface area (Å²) in [5, 5.41) is 9.11. The molecule has 0 bridgehead atoms. The van der Waals surface area contributed by atoms with Crippen molar-refractivity contribution in [3.63, 3.8) is 0 Å². The van der Waals surface area contributed by atoms with Crippen molar-refractivity contribution >= 4 is 23.4 Å². The van der Waals surface area contributed by atoms with E-state index >= 15 is 0 Å². The fourth-order valence-corrected chi connectivity index (χ4v) is 3.46. The summed E-state index contributed by atoms with van der Waals surface area (Å²) in [7, 11) is 1.83. The second-order valence-corrected chi connectivity index (χ2v) is 7.66. The second-order valence-electron chi connectivity index (χ2n) is 7.66. The molecule has 7 nitrogen and oxygen atoms in total. The number of hydrogen-bond acceptors (Lipinski definition) is 3. The number of amides is 2. The molecule has 0 atom stereocenters. The number of para-hydroxylation sites is 1. The standard InChI is InChI=1S/C23H32N6O/c1-18(2)26-23(30)27-20-11-9-19(10-12-20)17-25-22(24-3)29-15-13-28(14-16-29)21-7-5-4-6-8-21/h4-12,18H,13-17H2,1-3H3,(H,24,25)(H2,26,27,30). The van der Waals surface area contributed by atoms with Gasteiger partial charge in [0.1, 0.15) is 0 Å². The molecule has 0 aromatic heterocycles. The van der Waals surface area contributed by atoms with E-state index in [1.807, 2.05) is 45.2 Å². The van der Waals surface area contributed by atoms with Crippen molar-refractivity contribution in [3.05, 3.63) is 60.2 Å². The minimum Gasteiger partial charge on any atom is -0.368 e. The third-order valence-electron chi connectivity index (χ3n) is 4.99. The Kier molecular flexibility index (Phi) is 7.54. The van der Waals surface area contributed by atoms with E-state index in [4.69, 9.17) is 0 Å². The summed E-state index contributed by atoms with van der Waals surface area (Å²) in [6, 6.07) is 18.3. The predicted molar refractivity (Wildman–Crippen MR) is 124 cm³/mol. The molecule has 7 heteroatoms. The van der Waals surface area contributed by atoms with E-state index in [-0.39, 0.29) is 12.1 Å². The number of aliphatic imine (C=N–C) groups is 1. The lowest BCUT2D eigenvalue weighted by Crippen LogP contribution is -2.52. The van der Waals surface area contributed by atoms with Crippen molar-refractivity contribution in [2.45, 2.75) is 26.4 Å². The Morgan fingerprint density at radius 3 is 2.27 bits per heavy atom. The quantitative estimate of drug-likeness (QED) is 0.525. The number of rotatable bonds is 5. The summed E-state index contributed by atoms with van der Waals surface area (Å²) in [5.41, 5.74) is 3.18. The molecule has 3 rings (SSSR count). The molecule has 30 heavy (non-hydrogen) atoms. The van der Waals surface area contributed by atoms with Crippen LogP contribution < -0.4 is 20.9 Å². The topological polar surface area (TPSA) is 72.0 Å². The van der Waals surface area contributed by atoms with Crippen LogP contribution in [0.1, 0.15) is 19.4 Å². The molecule has 1 aliphatic heterocycles. The number of nitrogens with one attached hydrogen (secondary N) is 3. The van der Waals surface area contributed by atoms with E-state index in [2.05, 4.69) is 61.1 Å². The summed E-state index contributed by atoms with van der Waals surface area (Å²) in [6.07, 6.45) is 0. The second kappa shape index (κ2) is 10.5. The van der Waals surface area contributed by atoms with Crippen LogP contribution in [-0.4, -0.2) is 56.2 Å². The van der Waals surface area contributed by atoms with Crippen LogP contribution in [0.2, 0.25) is 0 Å². The molecule has 2 amide bonds. The van der Waals surface area contributed by atoms with E-state index < -0.39 is 0 Å². The van der Waals surface area contributed by atoms with Crippen molar-refractivity contribution in [1.29, 1.82) is 0 Å². The summed E-state index contributed by atoms with van der Waals surface area (Å²) in [4.78, 5) is 21.0. The van der Waals surface area contributed by atoms with Gasteiger partial charge in [0.25, 0.3) is 0 Å². The average Bonchev–Trinajstić information content (AvgIpc) is 2.76. The summed E-state index contributed by atoms with van der Waals surface area (Å²) in [5.74, 6) is 0.918. The van der Waals surface area contributed by atoms with Crippen LogP contribution in [0.3, 0.4) is 0 Å². The lowest BCUT2D eigenvalue weighted by atomic mass is 10.2. The molecule has 1 heterocycles. The first-order valence-corrected chi connectivity index (χ1v) is 10.5. The van der Waals surface area contributed by atoms with E-state index in [1.165, 1.54) is 5.69 Å². The molecule has 160 valence electrons. The SMILES string of the molecule is CN=C(NCc1ccc(NC(=O)NC(C)C)cc1)N1CCN(c2ccccc2)CC1. The molecule has 0 saturated carbocycles. The fraction of sp³-hybridized carbons (Fsp3) is 0.391. The third-order valence-corrected chi connectivity index (χ3v) is 4.99. The molecule has 2 aromatic rings. The number of piperazine rings is 1. The molecule has 2 aromatic carbocycles. The van der Waals surface area contributed by atoms with E-state index in [0.29, 0.717) is 6.54 Å². The van der Waals surface area contributed by atoms with Gasteiger partial charge >= 0.3 is 6.03 Å². The smallest absolute Gasteiger partial charge is 0.319 e. The van der Waals surface area contributed by atoms with Crippen LogP contribution in [0.4, 0.5) is 16.2 Å². The first-order chi connectivity index (χ1) is 14.5. The number of nitrogens with zero attached hydrogens (tertiary/aromatic N) is 3. The highest BCUT2D eigenvalue weighted by atomic mass is 16.2. The molecular formula is C23H32N6O. The number of urea groups is 1. The normalized spacial score (nSPS) is 14.6. The van der Waals surface area contributed by atoms with Gasteiger partial charge in [0.2, 0.25) is 0 Å². The van der Waals surface area contributed by atoms with Gasteiger partial charge in [-0.15, -0.1) is 0 Å². The maximum Gasteiger partial charge on any atom is 0.319 e. The zero-order chi connectivity index (χ0) is 21.3. The zero-order valence-electron chi connectivity index (χ0n) is 18.1. The number of anilines is 2. The lowest BCUT2D eigenvalue weighted by molar-refractivity contribution is 0.250. The monoisotopic (exact) mass is 408 g/mol. The highest BCUT2D eigenvalue weighted by Crippen LogP contribution is 2.16. The Labute approximate surface area is 179 Å². The van der Waals surface area contributed by atoms with Crippen molar-refractivity contribution in [2.24, 2.45) is 4.99 Å². The highest BCUT2D eigenvalue weighted by Gasteiger charge is 2.19. The maximum absolute atomic E-state index is 11.8. The number of carbonyl (C=O) groups is 1. The van der Waals surface area contributed by atoms with Gasteiger partial charge in [-0.25, -0.2) is 4.79 Å². The summed E-state index contributed by atoms with van der Waals surface area (Å²) >= 11 is 0. The third kappa shape index (κ3) is 6.14. The minimum absolute atomic E-state index is 0.106. The fourth-order valence-electron chi connectivity index (χ4n) is 3.46. The zero-order valence-corrected chi connectivity index (χ0v) is 18.1. The van der Waals surface area contributed by atoms with Crippen LogP contribution in [0.25, 0.3) is 0 Å². The van der Waals surface area contributed by atoms with Crippen molar-refractivity contribution in [2.75, 3.05) is 43.4 Å². The molecule has 0 radical (unpaired) electrons. The Balaban J connectivity index is 1.47. The Morgan fingerprint density at radius 1 is 1.00 bits per heavy atom. The molecular weight excluding hydrogens is 376 g/mol. The van der Waals surface area contributed by atoms with E-state index in [0.717, 1.165) is 43.4 Å². The molecule has 3 N–H and O–H groups in total. The van der Waals surface area contributed by atoms with E-state index in [1.54, 1.807) is 0 Å². The Bertz CT molecular complexity index is 827. The molecule has 0 spiro atoms. The van der Waals surface area contributed by atoms with Gasteiger partial charge in [-0.05, 0) is 43.7 Å². The van der Waals surface area contributed by atoms with Crippen LogP contribution in [0, 0.1) is 0 Å². The van der Waals surface area contributed by atoms with Gasteiger partial charge in [0, 0.05) is 57.2 Å². The number of hydrogen-bond donors (Lipinski definition) is 3. The first kappa shape index (κ1) is 21.5. The Hall–Kier alpha value is -3.22. The summed E-state index contributed by atoms with van der Waals surface area (Å²) < 4.78 is 0. The van der Waals surface area contributed by atoms with Crippen LogP contribution in [-0.2, 0) is 6.54 Å². The molecule has 0 aliphatic carbocycles. The average molecular weight is 409 g/mol. The van der Waals surface area contributed by atoms with Gasteiger partial charge in [0.05, 0.1) is 0 Å². The minimum atomic E-state index is -0.189. The van der Waals surface area contributed by atoms with E-state index in [9.17, 15) is 4.79 Å². The van der Waals surface area contributed by atoms with Gasteiger partial charge in [-0.2, -0.15) is 0 Å². The van der Waals surface area contributed by atoms with Crippen molar-refractivity contribution in [3.8, 4) is 0 Å². The molecule has 1 fully saturated rings. The van der Waals surface area contributed by atoms with Crippen LogP contribution in [0.15, 0.2) is 59.6 Å². The van der Waals surface area contributed by atoms with Gasteiger partial charge < -0.3 is 25.8 Å². The molecule has 1 aliphatic rings. The number of guanidine groups is 1. The number of benzene rings is 2. The summed E-state index contributed by atoms with van der Waals surface area (Å²) in [6.45, 7) is 8.37. The largest absolute Gasteiger partial charge is 0.368 e. The van der Waals surface area contributed by atoms with Gasteiger partial charge in [-0.3, -0.25) is 4.99 Å². The van der Waals surface area contributed by atoms with Gasteiger partial charge in [0.15, 0.2) is 5.96 Å². The molecule has 1 saturated heterocycles. The van der Waals surface area contributed by atoms with Crippen molar-refractivity contribution in [1.82, 2.24) is 15.5 Å². The van der Waals surface area contributed by atoms with Crippen LogP contribution in [0.5, 0.6) is 0 Å². The number of carbonyl (C=O) groups excluding carboxylic acids is 1. The van der Waals surface area contributed by atoms with Crippen LogP contribution >= 0.6 is 0 Å².